The normalized spacial score (nSPS) is 20.1. The summed E-state index contributed by atoms with van der Waals surface area (Å²) in [6.07, 6.45) is 63.2. The van der Waals surface area contributed by atoms with Crippen LogP contribution in [0, 0.1) is 0 Å². The molecule has 0 aromatic carbocycles. The van der Waals surface area contributed by atoms with E-state index in [9.17, 15) is 33.1 Å². The minimum absolute atomic E-state index is 0.0138. The third-order valence-corrected chi connectivity index (χ3v) is 11.4. The van der Waals surface area contributed by atoms with E-state index in [1.54, 1.807) is 0 Å². The summed E-state index contributed by atoms with van der Waals surface area (Å²) >= 11 is 0. The summed E-state index contributed by atoms with van der Waals surface area (Å²) in [5, 5.41) is 30.8. The Balaban J connectivity index is 2.41. The van der Waals surface area contributed by atoms with Crippen LogP contribution < -0.4 is 0 Å². The zero-order valence-corrected chi connectivity index (χ0v) is 44.5. The lowest BCUT2D eigenvalue weighted by molar-refractivity contribution is -0.301. The van der Waals surface area contributed by atoms with Gasteiger partial charge < -0.3 is 34.3 Å². The second-order valence-electron chi connectivity index (χ2n) is 17.3. The van der Waals surface area contributed by atoms with Gasteiger partial charge in [-0.1, -0.05) is 192 Å². The van der Waals surface area contributed by atoms with Crippen molar-refractivity contribution in [3.63, 3.8) is 0 Å². The van der Waals surface area contributed by atoms with Crippen molar-refractivity contribution in [2.45, 2.75) is 192 Å². The maximum atomic E-state index is 12.9. The SMILES string of the molecule is CC/C=C\C/C=C\C/C=C\C/C=C\C/C=C\C/C=C\CCCCCCCCCOCC(COC1OC(CO)C(O)C(OS(=O)(=O)O)C1O)OC(=O)CC/C=C\C/C=C\C/C=C\C/C=C\C/C=C\C/C=C\CC. The largest absolute Gasteiger partial charge is 0.457 e. The highest BCUT2D eigenvalue weighted by atomic mass is 32.3. The molecule has 0 radical (unpaired) electrons. The molecule has 1 rings (SSSR count). The van der Waals surface area contributed by atoms with Crippen molar-refractivity contribution in [2.24, 2.45) is 0 Å². The molecule has 0 saturated carbocycles. The number of aliphatic hydroxyl groups is 3. The minimum Gasteiger partial charge on any atom is -0.457 e. The summed E-state index contributed by atoms with van der Waals surface area (Å²) in [5.41, 5.74) is 0. The molecule has 0 bridgehead atoms. The van der Waals surface area contributed by atoms with Gasteiger partial charge in [-0.2, -0.15) is 8.42 Å². The molecule has 0 aromatic heterocycles. The topological polar surface area (TPSA) is 178 Å². The number of hydrogen-bond acceptors (Lipinski definition) is 11. The van der Waals surface area contributed by atoms with Gasteiger partial charge in [-0.15, -0.1) is 0 Å². The van der Waals surface area contributed by atoms with Gasteiger partial charge in [0.05, 0.1) is 19.8 Å². The van der Waals surface area contributed by atoms with E-state index in [4.69, 9.17) is 18.9 Å². The molecule has 72 heavy (non-hydrogen) atoms. The van der Waals surface area contributed by atoms with E-state index in [2.05, 4.69) is 152 Å². The molecule has 1 aliphatic rings. The van der Waals surface area contributed by atoms with E-state index in [1.165, 1.54) is 19.3 Å². The summed E-state index contributed by atoms with van der Waals surface area (Å²) in [4.78, 5) is 12.9. The van der Waals surface area contributed by atoms with Crippen LogP contribution in [0.25, 0.3) is 0 Å². The quantitative estimate of drug-likeness (QED) is 0.0197. The van der Waals surface area contributed by atoms with Crippen LogP contribution in [0.3, 0.4) is 0 Å². The first-order chi connectivity index (χ1) is 35.1. The van der Waals surface area contributed by atoms with Crippen LogP contribution in [-0.2, 0) is 38.3 Å². The third kappa shape index (κ3) is 40.5. The van der Waals surface area contributed by atoms with Crippen molar-refractivity contribution in [1.29, 1.82) is 0 Å². The number of esters is 1. The number of hydrogen-bond donors (Lipinski definition) is 4. The van der Waals surface area contributed by atoms with Crippen molar-refractivity contribution in [3.05, 3.63) is 146 Å². The van der Waals surface area contributed by atoms with E-state index in [-0.39, 0.29) is 19.6 Å². The van der Waals surface area contributed by atoms with E-state index in [0.717, 1.165) is 109 Å². The van der Waals surface area contributed by atoms with Gasteiger partial charge in [-0.3, -0.25) is 9.35 Å². The summed E-state index contributed by atoms with van der Waals surface area (Å²) in [5.74, 6) is -0.492. The summed E-state index contributed by atoms with van der Waals surface area (Å²) in [6, 6.07) is 0. The highest BCUT2D eigenvalue weighted by molar-refractivity contribution is 7.80. The van der Waals surface area contributed by atoms with Crippen molar-refractivity contribution in [2.75, 3.05) is 26.4 Å². The first-order valence-corrected chi connectivity index (χ1v) is 28.0. The fourth-order valence-electron chi connectivity index (χ4n) is 7.05. The van der Waals surface area contributed by atoms with Crippen LogP contribution in [0.15, 0.2) is 146 Å². The lowest BCUT2D eigenvalue weighted by Crippen LogP contribution is -2.60. The van der Waals surface area contributed by atoms with Gasteiger partial charge in [0.2, 0.25) is 0 Å². The Kier molecular flexibility index (Phi) is 44.0. The van der Waals surface area contributed by atoms with Gasteiger partial charge in [0.1, 0.15) is 30.5 Å². The van der Waals surface area contributed by atoms with Crippen LogP contribution in [-0.4, -0.2) is 97.5 Å². The van der Waals surface area contributed by atoms with Crippen LogP contribution in [0.2, 0.25) is 0 Å². The average Bonchev–Trinajstić information content (AvgIpc) is 3.36. The maximum absolute atomic E-state index is 12.9. The first-order valence-electron chi connectivity index (χ1n) is 26.6. The molecule has 0 spiro atoms. The van der Waals surface area contributed by atoms with Gasteiger partial charge in [-0.25, -0.2) is 4.18 Å². The van der Waals surface area contributed by atoms with E-state index < -0.39 is 59.8 Å². The summed E-state index contributed by atoms with van der Waals surface area (Å²) in [7, 11) is -5.09. The molecule has 1 aliphatic heterocycles. The maximum Gasteiger partial charge on any atom is 0.397 e. The van der Waals surface area contributed by atoms with E-state index >= 15 is 0 Å². The van der Waals surface area contributed by atoms with Crippen LogP contribution in [0.4, 0.5) is 0 Å². The van der Waals surface area contributed by atoms with E-state index in [0.29, 0.717) is 13.0 Å². The molecule has 6 atom stereocenters. The standard InChI is InChI=1S/C59H92O12S/c1-3-5-7-9-11-13-15-17-19-21-23-24-25-26-27-28-29-31-33-35-37-39-41-43-45-47-49-67-51-53(52-68-59-57(63)58(71-72(64,65)66)56(62)54(50-60)70-59)69-55(61)48-46-44-42-40-38-36-34-32-30-22-20-18-16-14-12-10-8-6-4-2/h5-8,11-14,17-20,23-24,26-27,29-32,36,38,42,44,53-54,56-60,62-63H,3-4,9-10,15-16,21-22,25,28,33-35,37,39-41,43,45-52H2,1-2H3,(H,64,65,66)/b7-5-,8-6-,13-11-,14-12-,19-17-,20-18-,24-23-,27-26-,31-29-,32-30-,38-36-,44-42-. The average molecular weight is 1030 g/mol. The molecule has 0 aromatic rings. The van der Waals surface area contributed by atoms with Crippen LogP contribution in [0.5, 0.6) is 0 Å². The highest BCUT2D eigenvalue weighted by Gasteiger charge is 2.48. The monoisotopic (exact) mass is 1020 g/mol. The molecule has 1 fully saturated rings. The number of rotatable bonds is 44. The zero-order valence-electron chi connectivity index (χ0n) is 43.7. The number of unbranched alkanes of at least 4 members (excludes halogenated alkanes) is 7. The molecular weight excluding hydrogens is 933 g/mol. The van der Waals surface area contributed by atoms with Gasteiger partial charge >= 0.3 is 16.4 Å². The fourth-order valence-corrected chi connectivity index (χ4v) is 7.56. The smallest absolute Gasteiger partial charge is 0.397 e. The molecule has 12 nitrogen and oxygen atoms in total. The predicted molar refractivity (Wildman–Crippen MR) is 293 cm³/mol. The number of ether oxygens (including phenoxy) is 4. The molecule has 6 unspecified atom stereocenters. The lowest BCUT2D eigenvalue weighted by atomic mass is 9.99. The number of carbonyl (C=O) groups is 1. The molecule has 4 N–H and O–H groups in total. The molecule has 1 heterocycles. The van der Waals surface area contributed by atoms with Crippen molar-refractivity contribution < 1.29 is 56.2 Å². The van der Waals surface area contributed by atoms with Gasteiger partial charge in [0.25, 0.3) is 0 Å². The zero-order chi connectivity index (χ0) is 52.4. The number of allylic oxidation sites excluding steroid dienone is 24. The Morgan fingerprint density at radius 2 is 0.917 bits per heavy atom. The Bertz CT molecular complexity index is 1800. The second-order valence-corrected chi connectivity index (χ2v) is 18.4. The second kappa shape index (κ2) is 48.0. The lowest BCUT2D eigenvalue weighted by Gasteiger charge is -2.41. The number of aliphatic hydroxyl groups excluding tert-OH is 3. The molecular formula is C59H92O12S. The van der Waals surface area contributed by atoms with Crippen LogP contribution >= 0.6 is 0 Å². The Morgan fingerprint density at radius 3 is 1.33 bits per heavy atom. The third-order valence-electron chi connectivity index (χ3n) is 11.0. The Labute approximate surface area is 435 Å². The van der Waals surface area contributed by atoms with Crippen molar-refractivity contribution >= 4 is 16.4 Å². The molecule has 406 valence electrons. The minimum atomic E-state index is -5.09. The van der Waals surface area contributed by atoms with Crippen LogP contribution in [0.1, 0.15) is 155 Å². The summed E-state index contributed by atoms with van der Waals surface area (Å²) in [6.45, 7) is 3.61. The van der Waals surface area contributed by atoms with Gasteiger partial charge in [0.15, 0.2) is 6.29 Å². The van der Waals surface area contributed by atoms with Gasteiger partial charge in [0, 0.05) is 13.0 Å². The van der Waals surface area contributed by atoms with Crippen molar-refractivity contribution in [1.82, 2.24) is 0 Å². The Morgan fingerprint density at radius 1 is 0.528 bits per heavy atom. The predicted octanol–water partition coefficient (Wildman–Crippen LogP) is 12.9. The van der Waals surface area contributed by atoms with Gasteiger partial charge in [-0.05, 0) is 103 Å². The van der Waals surface area contributed by atoms with E-state index in [1.807, 2.05) is 12.2 Å². The highest BCUT2D eigenvalue weighted by Crippen LogP contribution is 2.26. The molecule has 0 aliphatic carbocycles. The summed E-state index contributed by atoms with van der Waals surface area (Å²) < 4.78 is 59.2. The number of carbonyl (C=O) groups excluding carboxylic acids is 1. The van der Waals surface area contributed by atoms with Crippen molar-refractivity contribution in [3.8, 4) is 0 Å². The first kappa shape index (κ1) is 66.0. The Hall–Kier alpha value is -4.02. The molecule has 1 saturated heterocycles. The fraction of sp³-hybridized carbons (Fsp3) is 0.576. The molecule has 13 heteroatoms. The molecule has 0 amide bonds.